The summed E-state index contributed by atoms with van der Waals surface area (Å²) >= 11 is 0. The molecule has 1 N–H and O–H groups in total. The van der Waals surface area contributed by atoms with Crippen LogP contribution in [0.15, 0.2) is 18.2 Å². The van der Waals surface area contributed by atoms with Crippen LogP contribution >= 0.6 is 0 Å². The summed E-state index contributed by atoms with van der Waals surface area (Å²) in [5, 5.41) is 10.2. The van der Waals surface area contributed by atoms with E-state index in [0.717, 1.165) is 34.1 Å². The van der Waals surface area contributed by atoms with Crippen molar-refractivity contribution in [3.05, 3.63) is 40.6 Å². The van der Waals surface area contributed by atoms with Crippen LogP contribution in [0.25, 0.3) is 10.9 Å². The average molecular weight is 243 g/mol. The van der Waals surface area contributed by atoms with Gasteiger partial charge in [0.25, 0.3) is 0 Å². The molecule has 0 unspecified atom stereocenters. The number of carboxylic acid groups (broad SMARTS) is 1. The van der Waals surface area contributed by atoms with Crippen LogP contribution < -0.4 is 0 Å². The molecule has 0 aliphatic heterocycles. The lowest BCUT2D eigenvalue weighted by atomic mass is 9.97. The fourth-order valence-corrected chi connectivity index (χ4v) is 2.37. The molecule has 1 heterocycles. The lowest BCUT2D eigenvalue weighted by Gasteiger charge is -2.11. The molecule has 3 heteroatoms. The molecule has 0 fully saturated rings. The third kappa shape index (κ3) is 1.96. The first-order chi connectivity index (χ1) is 8.58. The van der Waals surface area contributed by atoms with Gasteiger partial charge in [0.1, 0.15) is 0 Å². The lowest BCUT2D eigenvalue weighted by molar-refractivity contribution is 0.0697. The highest BCUT2D eigenvalue weighted by molar-refractivity contribution is 6.04. The number of aryl methyl sites for hydroxylation is 2. The molecular formula is C15H17NO2. The van der Waals surface area contributed by atoms with Gasteiger partial charge in [-0.3, -0.25) is 4.98 Å². The van der Waals surface area contributed by atoms with Gasteiger partial charge in [0.15, 0.2) is 0 Å². The number of pyridine rings is 1. The fraction of sp³-hybridized carbons (Fsp3) is 0.333. The van der Waals surface area contributed by atoms with Gasteiger partial charge < -0.3 is 5.11 Å². The molecule has 3 nitrogen and oxygen atoms in total. The van der Waals surface area contributed by atoms with Crippen LogP contribution in [-0.4, -0.2) is 16.1 Å². The number of carboxylic acids is 1. The largest absolute Gasteiger partial charge is 0.478 e. The van der Waals surface area contributed by atoms with Gasteiger partial charge in [-0.05, 0) is 43.0 Å². The van der Waals surface area contributed by atoms with Crippen LogP contribution in [0.5, 0.6) is 0 Å². The van der Waals surface area contributed by atoms with Gasteiger partial charge in [0.2, 0.25) is 0 Å². The summed E-state index contributed by atoms with van der Waals surface area (Å²) in [5.41, 5.74) is 3.96. The summed E-state index contributed by atoms with van der Waals surface area (Å²) in [5.74, 6) is -0.865. The first kappa shape index (κ1) is 12.6. The first-order valence-electron chi connectivity index (χ1n) is 6.23. The quantitative estimate of drug-likeness (QED) is 0.899. The first-order valence-corrected chi connectivity index (χ1v) is 6.23. The molecule has 1 aromatic carbocycles. The van der Waals surface area contributed by atoms with E-state index in [1.807, 2.05) is 32.0 Å². The van der Waals surface area contributed by atoms with Crippen molar-refractivity contribution in [2.45, 2.75) is 33.6 Å². The summed E-state index contributed by atoms with van der Waals surface area (Å²) in [6.07, 6.45) is 1.58. The van der Waals surface area contributed by atoms with Gasteiger partial charge in [-0.15, -0.1) is 0 Å². The molecule has 0 aliphatic rings. The molecule has 0 saturated carbocycles. The Labute approximate surface area is 106 Å². The van der Waals surface area contributed by atoms with Crippen LogP contribution in [0, 0.1) is 6.92 Å². The Morgan fingerprint density at radius 2 is 2.00 bits per heavy atom. The average Bonchev–Trinajstić information content (AvgIpc) is 2.36. The second-order valence-corrected chi connectivity index (χ2v) is 4.41. The van der Waals surface area contributed by atoms with Crippen LogP contribution in [0.2, 0.25) is 0 Å². The van der Waals surface area contributed by atoms with Gasteiger partial charge in [-0.25, -0.2) is 4.79 Å². The lowest BCUT2D eigenvalue weighted by Crippen LogP contribution is -2.07. The van der Waals surface area contributed by atoms with Gasteiger partial charge >= 0.3 is 5.97 Å². The predicted octanol–water partition coefficient (Wildman–Crippen LogP) is 3.37. The molecule has 0 atom stereocenters. The minimum atomic E-state index is -0.865. The zero-order valence-electron chi connectivity index (χ0n) is 10.9. The van der Waals surface area contributed by atoms with Gasteiger partial charge in [-0.1, -0.05) is 19.9 Å². The van der Waals surface area contributed by atoms with Crippen molar-refractivity contribution in [1.29, 1.82) is 0 Å². The van der Waals surface area contributed by atoms with E-state index < -0.39 is 5.97 Å². The van der Waals surface area contributed by atoms with Crippen molar-refractivity contribution in [2.24, 2.45) is 0 Å². The maximum atomic E-state index is 11.5. The van der Waals surface area contributed by atoms with Crippen molar-refractivity contribution in [3.8, 4) is 0 Å². The highest BCUT2D eigenvalue weighted by Crippen LogP contribution is 2.25. The molecule has 0 saturated heterocycles. The monoisotopic (exact) mass is 243 g/mol. The highest BCUT2D eigenvalue weighted by atomic mass is 16.4. The molecule has 1 aromatic heterocycles. The number of fused-ring (bicyclic) bond motifs is 1. The minimum Gasteiger partial charge on any atom is -0.478 e. The number of aromatic carboxylic acids is 1. The zero-order valence-corrected chi connectivity index (χ0v) is 10.9. The Hall–Kier alpha value is -1.90. The Kier molecular flexibility index (Phi) is 3.32. The number of hydrogen-bond acceptors (Lipinski definition) is 2. The van der Waals surface area contributed by atoms with E-state index in [1.165, 1.54) is 0 Å². The Bertz CT molecular complexity index is 617. The van der Waals surface area contributed by atoms with E-state index in [2.05, 4.69) is 11.9 Å². The van der Waals surface area contributed by atoms with Gasteiger partial charge in [0.05, 0.1) is 11.1 Å². The highest BCUT2D eigenvalue weighted by Gasteiger charge is 2.17. The molecule has 0 bridgehead atoms. The SMILES string of the molecule is CCc1ccc2nc(C)c(CC)c(C(=O)O)c2c1. The molecule has 0 spiro atoms. The van der Waals surface area contributed by atoms with Crippen LogP contribution in [0.1, 0.15) is 41.0 Å². The van der Waals surface area contributed by atoms with E-state index in [0.29, 0.717) is 12.0 Å². The van der Waals surface area contributed by atoms with Crippen molar-refractivity contribution in [1.82, 2.24) is 4.98 Å². The third-order valence-corrected chi connectivity index (χ3v) is 3.33. The summed E-state index contributed by atoms with van der Waals surface area (Å²) in [7, 11) is 0. The second kappa shape index (κ2) is 4.77. The summed E-state index contributed by atoms with van der Waals surface area (Å²) in [4.78, 5) is 16.0. The Balaban J connectivity index is 2.89. The summed E-state index contributed by atoms with van der Waals surface area (Å²) < 4.78 is 0. The molecule has 94 valence electrons. The number of carbonyl (C=O) groups is 1. The van der Waals surface area contributed by atoms with Crippen molar-refractivity contribution >= 4 is 16.9 Å². The number of hydrogen-bond donors (Lipinski definition) is 1. The minimum absolute atomic E-state index is 0.412. The zero-order chi connectivity index (χ0) is 13.3. The van der Waals surface area contributed by atoms with Crippen LogP contribution in [0.3, 0.4) is 0 Å². The predicted molar refractivity (Wildman–Crippen MR) is 72.2 cm³/mol. The topological polar surface area (TPSA) is 50.2 Å². The van der Waals surface area contributed by atoms with Crippen LogP contribution in [-0.2, 0) is 12.8 Å². The maximum absolute atomic E-state index is 11.5. The molecule has 0 radical (unpaired) electrons. The van der Waals surface area contributed by atoms with E-state index in [-0.39, 0.29) is 0 Å². The molecular weight excluding hydrogens is 226 g/mol. The molecule has 18 heavy (non-hydrogen) atoms. The molecule has 0 aliphatic carbocycles. The normalized spacial score (nSPS) is 10.8. The number of rotatable bonds is 3. The van der Waals surface area contributed by atoms with Crippen LogP contribution in [0.4, 0.5) is 0 Å². The summed E-state index contributed by atoms with van der Waals surface area (Å²) in [6, 6.07) is 5.86. The molecule has 2 aromatic rings. The Morgan fingerprint density at radius 3 is 2.56 bits per heavy atom. The van der Waals surface area contributed by atoms with E-state index >= 15 is 0 Å². The van der Waals surface area contributed by atoms with E-state index in [9.17, 15) is 9.90 Å². The Morgan fingerprint density at radius 1 is 1.28 bits per heavy atom. The third-order valence-electron chi connectivity index (χ3n) is 3.33. The van der Waals surface area contributed by atoms with Gasteiger partial charge in [-0.2, -0.15) is 0 Å². The number of benzene rings is 1. The molecule has 2 rings (SSSR count). The van der Waals surface area contributed by atoms with E-state index in [4.69, 9.17) is 0 Å². The van der Waals surface area contributed by atoms with Gasteiger partial charge in [0, 0.05) is 11.1 Å². The van der Waals surface area contributed by atoms with Crippen molar-refractivity contribution in [2.75, 3.05) is 0 Å². The smallest absolute Gasteiger partial charge is 0.336 e. The number of nitrogens with zero attached hydrogens (tertiary/aromatic N) is 1. The number of aromatic nitrogens is 1. The van der Waals surface area contributed by atoms with E-state index in [1.54, 1.807) is 0 Å². The fourth-order valence-electron chi connectivity index (χ4n) is 2.37. The maximum Gasteiger partial charge on any atom is 0.336 e. The second-order valence-electron chi connectivity index (χ2n) is 4.41. The molecule has 0 amide bonds. The standard InChI is InChI=1S/C15H17NO2/c1-4-10-6-7-13-12(8-10)14(15(17)18)11(5-2)9(3)16-13/h6-8H,4-5H2,1-3H3,(H,17,18). The van der Waals surface area contributed by atoms with Crippen molar-refractivity contribution < 1.29 is 9.90 Å². The van der Waals surface area contributed by atoms with Crippen molar-refractivity contribution in [3.63, 3.8) is 0 Å². The summed E-state index contributed by atoms with van der Waals surface area (Å²) in [6.45, 7) is 5.90.